The van der Waals surface area contributed by atoms with Crippen molar-refractivity contribution in [3.63, 3.8) is 0 Å². The zero-order valence-corrected chi connectivity index (χ0v) is 18.3. The molecule has 4 nitrogen and oxygen atoms in total. The van der Waals surface area contributed by atoms with Gasteiger partial charge < -0.3 is 15.5 Å². The van der Waals surface area contributed by atoms with E-state index < -0.39 is 17.8 Å². The van der Waals surface area contributed by atoms with Crippen LogP contribution >= 0.6 is 12.2 Å². The second-order valence-electron chi connectivity index (χ2n) is 7.20. The number of amides is 1. The predicted octanol–water partition coefficient (Wildman–Crippen LogP) is 6.02. The molecule has 8 heteroatoms. The number of nitrogens with zero attached hydrogens (tertiary/aromatic N) is 1. The molecule has 0 saturated heterocycles. The summed E-state index contributed by atoms with van der Waals surface area (Å²) in [7, 11) is 1.57. The predicted molar refractivity (Wildman–Crippen MR) is 124 cm³/mol. The van der Waals surface area contributed by atoms with E-state index in [4.69, 9.17) is 12.2 Å². The number of thiocarbonyl (C=S) groups is 1. The van der Waals surface area contributed by atoms with Crippen LogP contribution in [0.3, 0.4) is 0 Å². The van der Waals surface area contributed by atoms with Crippen molar-refractivity contribution in [2.45, 2.75) is 19.1 Å². The number of alkyl halides is 3. The summed E-state index contributed by atoms with van der Waals surface area (Å²) in [5, 5.41) is 5.53. The van der Waals surface area contributed by atoms with Gasteiger partial charge in [0.1, 0.15) is 6.04 Å². The van der Waals surface area contributed by atoms with Gasteiger partial charge in [-0.3, -0.25) is 4.79 Å². The van der Waals surface area contributed by atoms with Crippen molar-refractivity contribution in [3.05, 3.63) is 95.6 Å². The third-order valence-corrected chi connectivity index (χ3v) is 5.34. The average Bonchev–Trinajstić information content (AvgIpc) is 2.76. The normalized spacial score (nSPS) is 12.0. The number of halogens is 3. The molecule has 32 heavy (non-hydrogen) atoms. The van der Waals surface area contributed by atoms with Crippen LogP contribution in [0.5, 0.6) is 0 Å². The lowest BCUT2D eigenvalue weighted by atomic mass is 10.0. The Bertz CT molecular complexity index is 1100. The minimum absolute atomic E-state index is 0.0181. The van der Waals surface area contributed by atoms with E-state index in [0.717, 1.165) is 11.6 Å². The van der Waals surface area contributed by atoms with E-state index in [-0.39, 0.29) is 16.7 Å². The Labute approximate surface area is 190 Å². The van der Waals surface area contributed by atoms with Crippen molar-refractivity contribution in [2.24, 2.45) is 0 Å². The Balaban J connectivity index is 1.89. The molecule has 0 aliphatic carbocycles. The number of benzene rings is 3. The number of aryl methyl sites for hydroxylation is 1. The molecule has 0 saturated carbocycles. The third kappa shape index (κ3) is 5.45. The minimum Gasteiger partial charge on any atom is -0.336 e. The summed E-state index contributed by atoms with van der Waals surface area (Å²) in [5.41, 5.74) is 1.16. The highest BCUT2D eigenvalue weighted by Crippen LogP contribution is 2.35. The first-order valence-corrected chi connectivity index (χ1v) is 10.2. The molecule has 1 atom stereocenters. The monoisotopic (exact) mass is 457 g/mol. The number of nitrogens with one attached hydrogen (secondary N) is 2. The van der Waals surface area contributed by atoms with Crippen LogP contribution in [0.25, 0.3) is 0 Å². The zero-order valence-electron chi connectivity index (χ0n) is 17.5. The lowest BCUT2D eigenvalue weighted by Gasteiger charge is -2.30. The highest BCUT2D eigenvalue weighted by atomic mass is 32.1. The third-order valence-electron chi connectivity index (χ3n) is 4.95. The van der Waals surface area contributed by atoms with Crippen LogP contribution in [0.1, 0.15) is 22.7 Å². The number of carbonyl (C=O) groups is 1. The van der Waals surface area contributed by atoms with Gasteiger partial charge in [0.25, 0.3) is 5.91 Å². The van der Waals surface area contributed by atoms with Crippen molar-refractivity contribution in [3.8, 4) is 0 Å². The number of rotatable bonds is 5. The molecule has 1 unspecified atom stereocenters. The molecule has 3 aromatic carbocycles. The quantitative estimate of drug-likeness (QED) is 0.460. The number of hydrogen-bond donors (Lipinski definition) is 2. The van der Waals surface area contributed by atoms with Crippen LogP contribution < -0.4 is 10.6 Å². The SMILES string of the molecule is Cc1ccccc1NC(=O)C(c1ccccc1)N(C)C(=S)Nc1ccccc1C(F)(F)F. The molecular formula is C24H22F3N3OS. The van der Waals surface area contributed by atoms with E-state index in [1.54, 1.807) is 37.4 Å². The topological polar surface area (TPSA) is 44.4 Å². The number of para-hydroxylation sites is 2. The van der Waals surface area contributed by atoms with Crippen molar-refractivity contribution in [2.75, 3.05) is 17.7 Å². The summed E-state index contributed by atoms with van der Waals surface area (Å²) < 4.78 is 40.1. The summed E-state index contributed by atoms with van der Waals surface area (Å²) in [6.45, 7) is 1.87. The van der Waals surface area contributed by atoms with Gasteiger partial charge >= 0.3 is 6.18 Å². The largest absolute Gasteiger partial charge is 0.418 e. The Morgan fingerprint density at radius 2 is 1.44 bits per heavy atom. The molecule has 0 fully saturated rings. The summed E-state index contributed by atoms with van der Waals surface area (Å²) >= 11 is 5.39. The highest BCUT2D eigenvalue weighted by molar-refractivity contribution is 7.80. The van der Waals surface area contributed by atoms with E-state index in [0.29, 0.717) is 11.3 Å². The van der Waals surface area contributed by atoms with Crippen molar-refractivity contribution < 1.29 is 18.0 Å². The lowest BCUT2D eigenvalue weighted by molar-refractivity contribution is -0.137. The Morgan fingerprint density at radius 1 is 0.875 bits per heavy atom. The van der Waals surface area contributed by atoms with Crippen LogP contribution in [0.2, 0.25) is 0 Å². The Kier molecular flexibility index (Phi) is 7.15. The van der Waals surface area contributed by atoms with Crippen LogP contribution in [0.15, 0.2) is 78.9 Å². The molecule has 0 radical (unpaired) electrons. The van der Waals surface area contributed by atoms with Gasteiger partial charge in [0, 0.05) is 12.7 Å². The van der Waals surface area contributed by atoms with Gasteiger partial charge in [-0.15, -0.1) is 0 Å². The second kappa shape index (κ2) is 9.82. The van der Waals surface area contributed by atoms with E-state index in [1.165, 1.54) is 23.1 Å². The summed E-state index contributed by atoms with van der Waals surface area (Å²) in [4.78, 5) is 14.7. The molecular weight excluding hydrogens is 435 g/mol. The van der Waals surface area contributed by atoms with Crippen LogP contribution in [0.4, 0.5) is 24.5 Å². The van der Waals surface area contributed by atoms with Gasteiger partial charge in [-0.05, 0) is 48.5 Å². The first-order valence-electron chi connectivity index (χ1n) is 9.80. The van der Waals surface area contributed by atoms with Crippen LogP contribution in [-0.2, 0) is 11.0 Å². The van der Waals surface area contributed by atoms with Gasteiger partial charge in [0.15, 0.2) is 5.11 Å². The van der Waals surface area contributed by atoms with Crippen molar-refractivity contribution in [1.82, 2.24) is 4.90 Å². The highest BCUT2D eigenvalue weighted by Gasteiger charge is 2.34. The summed E-state index contributed by atoms with van der Waals surface area (Å²) in [6.07, 6.45) is -4.54. The van der Waals surface area contributed by atoms with Gasteiger partial charge in [0.05, 0.1) is 11.3 Å². The summed E-state index contributed by atoms with van der Waals surface area (Å²) in [5.74, 6) is -0.360. The lowest BCUT2D eigenvalue weighted by Crippen LogP contribution is -2.41. The minimum atomic E-state index is -4.54. The van der Waals surface area contributed by atoms with E-state index in [1.807, 2.05) is 31.2 Å². The molecule has 0 spiro atoms. The van der Waals surface area contributed by atoms with E-state index in [2.05, 4.69) is 10.6 Å². The molecule has 1 amide bonds. The zero-order chi connectivity index (χ0) is 23.3. The van der Waals surface area contributed by atoms with Crippen LogP contribution in [-0.4, -0.2) is 23.0 Å². The molecule has 166 valence electrons. The average molecular weight is 458 g/mol. The number of carbonyl (C=O) groups excluding carboxylic acids is 1. The van der Waals surface area contributed by atoms with Gasteiger partial charge in [-0.1, -0.05) is 60.7 Å². The number of likely N-dealkylation sites (N-methyl/N-ethyl adjacent to an activating group) is 1. The first-order chi connectivity index (χ1) is 15.2. The van der Waals surface area contributed by atoms with Crippen molar-refractivity contribution in [1.29, 1.82) is 0 Å². The van der Waals surface area contributed by atoms with Crippen LogP contribution in [0, 0.1) is 6.92 Å². The fraction of sp³-hybridized carbons (Fsp3) is 0.167. The molecule has 0 bridgehead atoms. The van der Waals surface area contributed by atoms with Gasteiger partial charge in [0.2, 0.25) is 0 Å². The molecule has 3 aromatic rings. The molecule has 2 N–H and O–H groups in total. The maximum atomic E-state index is 13.4. The molecule has 3 rings (SSSR count). The smallest absolute Gasteiger partial charge is 0.336 e. The van der Waals surface area contributed by atoms with Crippen molar-refractivity contribution >= 4 is 34.6 Å². The molecule has 0 aliphatic heterocycles. The fourth-order valence-electron chi connectivity index (χ4n) is 3.26. The van der Waals surface area contributed by atoms with Gasteiger partial charge in [-0.25, -0.2) is 0 Å². The molecule has 0 aliphatic rings. The Hall–Kier alpha value is -3.39. The maximum absolute atomic E-state index is 13.4. The fourth-order valence-corrected chi connectivity index (χ4v) is 3.48. The standard InChI is InChI=1S/C24H22F3N3OS/c1-16-10-6-8-14-19(16)28-22(31)21(17-11-4-3-5-12-17)30(2)23(32)29-20-15-9-7-13-18(20)24(25,26)27/h3-15,21H,1-2H3,(H,28,31)(H,29,32). The van der Waals surface area contributed by atoms with Gasteiger partial charge in [-0.2, -0.15) is 13.2 Å². The molecule has 0 heterocycles. The maximum Gasteiger partial charge on any atom is 0.418 e. The second-order valence-corrected chi connectivity index (χ2v) is 7.59. The van der Waals surface area contributed by atoms with E-state index in [9.17, 15) is 18.0 Å². The Morgan fingerprint density at radius 3 is 2.06 bits per heavy atom. The molecule has 0 aromatic heterocycles. The number of anilines is 2. The number of hydrogen-bond acceptors (Lipinski definition) is 2. The first kappa shape index (κ1) is 23.3. The summed E-state index contributed by atoms with van der Waals surface area (Å²) in [6, 6.07) is 20.5. The van der Waals surface area contributed by atoms with E-state index >= 15 is 0 Å².